The van der Waals surface area contributed by atoms with E-state index in [0.717, 1.165) is 38.0 Å². The quantitative estimate of drug-likeness (QED) is 0.647. The maximum atomic E-state index is 12.0. The minimum atomic E-state index is -0.106. The van der Waals surface area contributed by atoms with Crippen molar-refractivity contribution >= 4 is 5.97 Å². The number of esters is 1. The maximum absolute atomic E-state index is 12.0. The van der Waals surface area contributed by atoms with Gasteiger partial charge >= 0.3 is 5.97 Å². The van der Waals surface area contributed by atoms with Crippen LogP contribution in [0.15, 0.2) is 30.3 Å². The average molecular weight is 277 g/mol. The SMILES string of the molecule is CCCN(CCC)CC(C)C(=O)OCc1ccccc1. The molecule has 0 heterocycles. The van der Waals surface area contributed by atoms with Crippen LogP contribution >= 0.6 is 0 Å². The molecule has 112 valence electrons. The third-order valence-electron chi connectivity index (χ3n) is 3.24. The van der Waals surface area contributed by atoms with Crippen molar-refractivity contribution in [3.05, 3.63) is 35.9 Å². The Labute approximate surface area is 122 Å². The van der Waals surface area contributed by atoms with Crippen LogP contribution in [0.2, 0.25) is 0 Å². The first-order valence-electron chi connectivity index (χ1n) is 7.60. The molecule has 1 aromatic rings. The second-order valence-electron chi connectivity index (χ2n) is 5.29. The largest absolute Gasteiger partial charge is 0.461 e. The summed E-state index contributed by atoms with van der Waals surface area (Å²) in [6, 6.07) is 9.81. The second kappa shape index (κ2) is 9.54. The van der Waals surface area contributed by atoms with Crippen molar-refractivity contribution in [2.24, 2.45) is 5.92 Å². The molecule has 0 aliphatic carbocycles. The highest BCUT2D eigenvalue weighted by Gasteiger charge is 2.17. The van der Waals surface area contributed by atoms with E-state index in [1.54, 1.807) is 0 Å². The van der Waals surface area contributed by atoms with E-state index in [1.807, 2.05) is 37.3 Å². The summed E-state index contributed by atoms with van der Waals surface area (Å²) >= 11 is 0. The van der Waals surface area contributed by atoms with Gasteiger partial charge in [-0.15, -0.1) is 0 Å². The smallest absolute Gasteiger partial charge is 0.310 e. The molecule has 0 spiro atoms. The number of hydrogen-bond donors (Lipinski definition) is 0. The van der Waals surface area contributed by atoms with E-state index >= 15 is 0 Å². The Kier molecular flexibility index (Phi) is 7.97. The Hall–Kier alpha value is -1.35. The lowest BCUT2D eigenvalue weighted by molar-refractivity contribution is -0.149. The van der Waals surface area contributed by atoms with Crippen LogP contribution in [-0.2, 0) is 16.1 Å². The van der Waals surface area contributed by atoms with E-state index in [1.165, 1.54) is 0 Å². The lowest BCUT2D eigenvalue weighted by Gasteiger charge is -2.23. The van der Waals surface area contributed by atoms with E-state index in [4.69, 9.17) is 4.74 Å². The molecule has 0 saturated carbocycles. The Morgan fingerprint density at radius 1 is 1.15 bits per heavy atom. The number of carbonyl (C=O) groups is 1. The van der Waals surface area contributed by atoms with Gasteiger partial charge in [-0.25, -0.2) is 0 Å². The van der Waals surface area contributed by atoms with Gasteiger partial charge in [-0.05, 0) is 31.5 Å². The molecule has 0 aromatic heterocycles. The monoisotopic (exact) mass is 277 g/mol. The van der Waals surface area contributed by atoms with E-state index < -0.39 is 0 Å². The first kappa shape index (κ1) is 16.7. The number of hydrogen-bond acceptors (Lipinski definition) is 3. The Morgan fingerprint density at radius 3 is 2.30 bits per heavy atom. The molecule has 0 aliphatic heterocycles. The van der Waals surface area contributed by atoms with Gasteiger partial charge in [-0.2, -0.15) is 0 Å². The minimum absolute atomic E-state index is 0.0724. The number of nitrogens with zero attached hydrogens (tertiary/aromatic N) is 1. The van der Waals surface area contributed by atoms with Crippen molar-refractivity contribution in [1.82, 2.24) is 4.90 Å². The molecule has 1 aromatic carbocycles. The molecule has 0 N–H and O–H groups in total. The van der Waals surface area contributed by atoms with Gasteiger partial charge in [0, 0.05) is 6.54 Å². The van der Waals surface area contributed by atoms with Crippen LogP contribution in [0.1, 0.15) is 39.2 Å². The molecule has 1 atom stereocenters. The van der Waals surface area contributed by atoms with Gasteiger partial charge in [-0.3, -0.25) is 4.79 Å². The Balaban J connectivity index is 2.37. The van der Waals surface area contributed by atoms with Crippen LogP contribution in [0.25, 0.3) is 0 Å². The third kappa shape index (κ3) is 6.20. The van der Waals surface area contributed by atoms with Crippen LogP contribution in [0.5, 0.6) is 0 Å². The van der Waals surface area contributed by atoms with Crippen molar-refractivity contribution < 1.29 is 9.53 Å². The number of ether oxygens (including phenoxy) is 1. The van der Waals surface area contributed by atoms with Gasteiger partial charge in [0.2, 0.25) is 0 Å². The maximum Gasteiger partial charge on any atom is 0.310 e. The van der Waals surface area contributed by atoms with Crippen LogP contribution < -0.4 is 0 Å². The van der Waals surface area contributed by atoms with Gasteiger partial charge in [-0.1, -0.05) is 51.1 Å². The molecular weight excluding hydrogens is 250 g/mol. The molecule has 0 saturated heterocycles. The van der Waals surface area contributed by atoms with Gasteiger partial charge in [0.25, 0.3) is 0 Å². The molecule has 3 heteroatoms. The summed E-state index contributed by atoms with van der Waals surface area (Å²) in [6.45, 7) is 9.53. The molecule has 0 radical (unpaired) electrons. The first-order chi connectivity index (χ1) is 9.67. The predicted molar refractivity (Wildman–Crippen MR) is 82.4 cm³/mol. The zero-order valence-corrected chi connectivity index (χ0v) is 13.0. The standard InChI is InChI=1S/C17H27NO2/c1-4-11-18(12-5-2)13-15(3)17(19)20-14-16-9-7-6-8-10-16/h6-10,15H,4-5,11-14H2,1-3H3. The molecular formula is C17H27NO2. The fraction of sp³-hybridized carbons (Fsp3) is 0.588. The number of benzene rings is 1. The van der Waals surface area contributed by atoms with Crippen LogP contribution in [0.4, 0.5) is 0 Å². The van der Waals surface area contributed by atoms with Gasteiger partial charge in [0.1, 0.15) is 6.61 Å². The van der Waals surface area contributed by atoms with Crippen LogP contribution in [-0.4, -0.2) is 30.5 Å². The van der Waals surface area contributed by atoms with Crippen molar-refractivity contribution in [3.63, 3.8) is 0 Å². The summed E-state index contributed by atoms with van der Waals surface area (Å²) in [4.78, 5) is 14.4. The topological polar surface area (TPSA) is 29.5 Å². The highest BCUT2D eigenvalue weighted by Crippen LogP contribution is 2.07. The van der Waals surface area contributed by atoms with Crippen molar-refractivity contribution in [2.45, 2.75) is 40.2 Å². The lowest BCUT2D eigenvalue weighted by Crippen LogP contribution is -2.33. The molecule has 0 amide bonds. The van der Waals surface area contributed by atoms with E-state index in [9.17, 15) is 4.79 Å². The van der Waals surface area contributed by atoms with Crippen LogP contribution in [0.3, 0.4) is 0 Å². The van der Waals surface area contributed by atoms with Crippen molar-refractivity contribution in [2.75, 3.05) is 19.6 Å². The zero-order chi connectivity index (χ0) is 14.8. The summed E-state index contributed by atoms with van der Waals surface area (Å²) in [6.07, 6.45) is 2.23. The zero-order valence-electron chi connectivity index (χ0n) is 13.0. The van der Waals surface area contributed by atoms with Gasteiger partial charge < -0.3 is 9.64 Å². The van der Waals surface area contributed by atoms with Crippen molar-refractivity contribution in [1.29, 1.82) is 0 Å². The summed E-state index contributed by atoms with van der Waals surface area (Å²) < 4.78 is 5.38. The number of carbonyl (C=O) groups excluding carboxylic acids is 1. The molecule has 1 rings (SSSR count). The molecule has 0 bridgehead atoms. The first-order valence-corrected chi connectivity index (χ1v) is 7.60. The highest BCUT2D eigenvalue weighted by atomic mass is 16.5. The summed E-state index contributed by atoms with van der Waals surface area (Å²) in [5.41, 5.74) is 1.03. The van der Waals surface area contributed by atoms with Crippen molar-refractivity contribution in [3.8, 4) is 0 Å². The summed E-state index contributed by atoms with van der Waals surface area (Å²) in [5.74, 6) is -0.178. The highest BCUT2D eigenvalue weighted by molar-refractivity contribution is 5.72. The fourth-order valence-corrected chi connectivity index (χ4v) is 2.26. The fourth-order valence-electron chi connectivity index (χ4n) is 2.26. The molecule has 0 fully saturated rings. The Morgan fingerprint density at radius 2 is 1.75 bits per heavy atom. The Bertz CT molecular complexity index is 372. The molecule has 20 heavy (non-hydrogen) atoms. The average Bonchev–Trinajstić information content (AvgIpc) is 2.46. The van der Waals surface area contributed by atoms with E-state index in [-0.39, 0.29) is 11.9 Å². The van der Waals surface area contributed by atoms with Crippen LogP contribution in [0, 0.1) is 5.92 Å². The summed E-state index contributed by atoms with van der Waals surface area (Å²) in [7, 11) is 0. The predicted octanol–water partition coefficient (Wildman–Crippen LogP) is 3.49. The van der Waals surface area contributed by atoms with Gasteiger partial charge in [0.05, 0.1) is 5.92 Å². The second-order valence-corrected chi connectivity index (χ2v) is 5.29. The number of rotatable bonds is 9. The van der Waals surface area contributed by atoms with E-state index in [2.05, 4.69) is 18.7 Å². The van der Waals surface area contributed by atoms with Gasteiger partial charge in [0.15, 0.2) is 0 Å². The molecule has 0 aliphatic rings. The van der Waals surface area contributed by atoms with E-state index in [0.29, 0.717) is 6.61 Å². The molecule has 3 nitrogen and oxygen atoms in total. The summed E-state index contributed by atoms with van der Waals surface area (Å²) in [5, 5.41) is 0. The minimum Gasteiger partial charge on any atom is -0.461 e. The molecule has 1 unspecified atom stereocenters. The lowest BCUT2D eigenvalue weighted by atomic mass is 10.1. The normalized spacial score (nSPS) is 12.4. The third-order valence-corrected chi connectivity index (χ3v) is 3.24.